The van der Waals surface area contributed by atoms with Crippen molar-refractivity contribution in [1.29, 1.82) is 0 Å². The molecule has 0 saturated carbocycles. The van der Waals surface area contributed by atoms with Crippen LogP contribution < -0.4 is 10.6 Å². The summed E-state index contributed by atoms with van der Waals surface area (Å²) in [6.45, 7) is 1.95. The Kier molecular flexibility index (Phi) is 7.51. The summed E-state index contributed by atoms with van der Waals surface area (Å²) >= 11 is 1.42. The third-order valence-electron chi connectivity index (χ3n) is 5.83. The highest BCUT2D eigenvalue weighted by Crippen LogP contribution is 2.30. The molecule has 4 aromatic carbocycles. The average molecular weight is 526 g/mol. The Hall–Kier alpha value is -4.43. The normalized spacial score (nSPS) is 11.7. The van der Waals surface area contributed by atoms with E-state index in [4.69, 9.17) is 4.42 Å². The lowest BCUT2D eigenvalue weighted by molar-refractivity contribution is -0.115. The molecule has 1 unspecified atom stereocenters. The molecule has 5 aromatic rings. The maximum Gasteiger partial charge on any atom is 0.255 e. The Bertz CT molecular complexity index is 1550. The largest absolute Gasteiger partial charge is 0.436 e. The summed E-state index contributed by atoms with van der Waals surface area (Å²) in [6, 6.07) is 27.6. The lowest BCUT2D eigenvalue weighted by Crippen LogP contribution is -2.24. The summed E-state index contributed by atoms with van der Waals surface area (Å²) in [4.78, 5) is 30.9. The Morgan fingerprint density at radius 3 is 2.39 bits per heavy atom. The molecule has 38 heavy (non-hydrogen) atoms. The molecule has 6 nitrogen and oxygen atoms in total. The van der Waals surface area contributed by atoms with E-state index in [0.717, 1.165) is 21.6 Å². The van der Waals surface area contributed by atoms with Crippen molar-refractivity contribution in [3.63, 3.8) is 0 Å². The highest BCUT2D eigenvalue weighted by atomic mass is 32.2. The maximum atomic E-state index is 13.1. The molecule has 1 aromatic heterocycles. The van der Waals surface area contributed by atoms with E-state index in [1.807, 2.05) is 73.7 Å². The van der Waals surface area contributed by atoms with Crippen LogP contribution in [0.15, 0.2) is 106 Å². The minimum atomic E-state index is -0.400. The second-order valence-corrected chi connectivity index (χ2v) is 9.83. The van der Waals surface area contributed by atoms with Crippen molar-refractivity contribution in [3.8, 4) is 11.5 Å². The molecule has 8 heteroatoms. The van der Waals surface area contributed by atoms with Crippen LogP contribution in [0.3, 0.4) is 0 Å². The summed E-state index contributed by atoms with van der Waals surface area (Å²) < 4.78 is 19.0. The highest BCUT2D eigenvalue weighted by molar-refractivity contribution is 8.00. The van der Waals surface area contributed by atoms with Crippen LogP contribution >= 0.6 is 11.8 Å². The van der Waals surface area contributed by atoms with E-state index in [9.17, 15) is 14.0 Å². The van der Waals surface area contributed by atoms with Crippen LogP contribution in [0.4, 0.5) is 15.8 Å². The molecule has 1 atom stereocenters. The molecule has 0 aliphatic rings. The number of hydrogen-bond donors (Lipinski definition) is 2. The van der Waals surface area contributed by atoms with Crippen LogP contribution in [0.5, 0.6) is 0 Å². The van der Waals surface area contributed by atoms with Crippen molar-refractivity contribution in [2.45, 2.75) is 23.5 Å². The number of anilines is 2. The zero-order valence-corrected chi connectivity index (χ0v) is 21.3. The Balaban J connectivity index is 1.21. The van der Waals surface area contributed by atoms with Gasteiger partial charge in [0.05, 0.1) is 5.25 Å². The zero-order chi connectivity index (χ0) is 26.5. The number of aromatic nitrogens is 1. The third-order valence-corrected chi connectivity index (χ3v) is 7.19. The number of halogens is 1. The first-order valence-corrected chi connectivity index (χ1v) is 13.0. The summed E-state index contributed by atoms with van der Waals surface area (Å²) in [5.41, 5.74) is 3.96. The smallest absolute Gasteiger partial charge is 0.255 e. The van der Waals surface area contributed by atoms with E-state index in [1.54, 1.807) is 6.07 Å². The molecule has 0 fully saturated rings. The number of carbonyl (C=O) groups is 2. The highest BCUT2D eigenvalue weighted by Gasteiger charge is 2.19. The number of nitrogens with one attached hydrogen (secondary N) is 2. The van der Waals surface area contributed by atoms with Crippen LogP contribution in [0.1, 0.15) is 23.7 Å². The van der Waals surface area contributed by atoms with Crippen molar-refractivity contribution in [1.82, 2.24) is 4.98 Å². The molecule has 0 saturated heterocycles. The van der Waals surface area contributed by atoms with E-state index in [2.05, 4.69) is 15.6 Å². The summed E-state index contributed by atoms with van der Waals surface area (Å²) in [5, 5.41) is 5.46. The number of hydrogen-bond acceptors (Lipinski definition) is 5. The molecule has 0 radical (unpaired) electrons. The van der Waals surface area contributed by atoms with Crippen molar-refractivity contribution in [2.24, 2.45) is 0 Å². The van der Waals surface area contributed by atoms with E-state index in [-0.39, 0.29) is 17.1 Å². The number of thioether (sulfide) groups is 1. The van der Waals surface area contributed by atoms with E-state index >= 15 is 0 Å². The Morgan fingerprint density at radius 2 is 1.66 bits per heavy atom. The second kappa shape index (κ2) is 11.3. The van der Waals surface area contributed by atoms with Crippen LogP contribution in [0.2, 0.25) is 0 Å². The molecule has 2 N–H and O–H groups in total. The van der Waals surface area contributed by atoms with Crippen LogP contribution in [-0.2, 0) is 4.79 Å². The number of fused-ring (bicyclic) bond motifs is 1. The molecule has 5 rings (SSSR count). The monoisotopic (exact) mass is 525 g/mol. The van der Waals surface area contributed by atoms with Gasteiger partial charge < -0.3 is 15.1 Å². The van der Waals surface area contributed by atoms with E-state index in [1.165, 1.54) is 36.0 Å². The lowest BCUT2D eigenvalue weighted by Gasteiger charge is -2.15. The number of para-hydroxylation sites is 2. The van der Waals surface area contributed by atoms with Crippen molar-refractivity contribution >= 4 is 46.1 Å². The number of carbonyl (C=O) groups excluding carboxylic acids is 2. The quantitative estimate of drug-likeness (QED) is 0.206. The molecule has 1 heterocycles. The molecule has 0 spiro atoms. The Labute approximate surface area is 223 Å². The third kappa shape index (κ3) is 5.92. The number of oxazole rings is 1. The molecule has 0 aliphatic heterocycles. The van der Waals surface area contributed by atoms with Gasteiger partial charge in [0, 0.05) is 27.4 Å². The van der Waals surface area contributed by atoms with Gasteiger partial charge in [-0.2, -0.15) is 0 Å². The molecular weight excluding hydrogens is 501 g/mol. The number of amides is 2. The van der Waals surface area contributed by atoms with Crippen molar-refractivity contribution in [3.05, 3.63) is 108 Å². The van der Waals surface area contributed by atoms with Gasteiger partial charge >= 0.3 is 0 Å². The van der Waals surface area contributed by atoms with Gasteiger partial charge in [-0.3, -0.25) is 9.59 Å². The second-order valence-electron chi connectivity index (χ2n) is 8.56. The summed E-state index contributed by atoms with van der Waals surface area (Å²) in [5.74, 6) is -0.327. The first-order valence-electron chi connectivity index (χ1n) is 12.1. The van der Waals surface area contributed by atoms with Gasteiger partial charge in [-0.25, -0.2) is 9.37 Å². The Morgan fingerprint density at radius 1 is 0.895 bits per heavy atom. The summed E-state index contributed by atoms with van der Waals surface area (Å²) in [7, 11) is 0. The summed E-state index contributed by atoms with van der Waals surface area (Å²) in [6.07, 6.45) is 0.615. The van der Waals surface area contributed by atoms with E-state index < -0.39 is 5.82 Å². The minimum absolute atomic E-state index is 0.118. The van der Waals surface area contributed by atoms with Crippen molar-refractivity contribution < 1.29 is 18.4 Å². The molecule has 190 valence electrons. The predicted molar refractivity (Wildman–Crippen MR) is 149 cm³/mol. The van der Waals surface area contributed by atoms with Gasteiger partial charge in [0.15, 0.2) is 5.58 Å². The van der Waals surface area contributed by atoms with Crippen LogP contribution in [-0.4, -0.2) is 22.0 Å². The number of benzene rings is 4. The zero-order valence-electron chi connectivity index (χ0n) is 20.5. The van der Waals surface area contributed by atoms with Gasteiger partial charge in [-0.1, -0.05) is 25.1 Å². The molecule has 0 bridgehead atoms. The SMILES string of the molecule is CCC(Sc1cccc(NC(=O)c2ccc(F)cc2)c1)C(=O)Nc1ccc(-c2nc3ccccc3o2)cc1. The molecule has 0 aliphatic carbocycles. The van der Waals surface area contributed by atoms with Gasteiger partial charge in [0.25, 0.3) is 5.91 Å². The van der Waals surface area contributed by atoms with Crippen LogP contribution in [0, 0.1) is 5.82 Å². The van der Waals surface area contributed by atoms with Gasteiger partial charge in [-0.05, 0) is 85.3 Å². The fourth-order valence-electron chi connectivity index (χ4n) is 3.85. The molecular formula is C30H24FN3O3S. The minimum Gasteiger partial charge on any atom is -0.436 e. The van der Waals surface area contributed by atoms with Gasteiger partial charge in [0.1, 0.15) is 11.3 Å². The molecule has 2 amide bonds. The van der Waals surface area contributed by atoms with E-state index in [0.29, 0.717) is 29.2 Å². The number of nitrogens with zero attached hydrogens (tertiary/aromatic N) is 1. The first kappa shape index (κ1) is 25.2. The standard InChI is InChI=1S/C30H24FN3O3S/c1-2-27(38-24-7-5-6-23(18-24)33-28(35)19-10-14-21(31)15-11-19)29(36)32-22-16-12-20(13-17-22)30-34-25-8-3-4-9-26(25)37-30/h3-18,27H,2H2,1H3,(H,32,36)(H,33,35). The lowest BCUT2D eigenvalue weighted by atomic mass is 10.2. The number of rotatable bonds is 8. The topological polar surface area (TPSA) is 84.2 Å². The van der Waals surface area contributed by atoms with Gasteiger partial charge in [-0.15, -0.1) is 11.8 Å². The first-order chi connectivity index (χ1) is 18.5. The van der Waals surface area contributed by atoms with Crippen molar-refractivity contribution in [2.75, 3.05) is 10.6 Å². The van der Waals surface area contributed by atoms with Gasteiger partial charge in [0.2, 0.25) is 11.8 Å². The predicted octanol–water partition coefficient (Wildman–Crippen LogP) is 7.40. The fourth-order valence-corrected chi connectivity index (χ4v) is 4.87. The maximum absolute atomic E-state index is 13.1. The fraction of sp³-hybridized carbons (Fsp3) is 0.100. The van der Waals surface area contributed by atoms with Crippen LogP contribution in [0.25, 0.3) is 22.6 Å². The average Bonchev–Trinajstić information content (AvgIpc) is 3.37.